The van der Waals surface area contributed by atoms with E-state index in [4.69, 9.17) is 15.5 Å². The number of hydrogen-bond donors (Lipinski definition) is 1. The number of anilines is 1. The van der Waals surface area contributed by atoms with E-state index in [9.17, 15) is 4.79 Å². The molecule has 0 aliphatic heterocycles. The molecule has 0 heterocycles. The first-order valence-electron chi connectivity index (χ1n) is 20.2. The average Bonchev–Trinajstić information content (AvgIpc) is 3.23. The van der Waals surface area contributed by atoms with Gasteiger partial charge in [-0.25, -0.2) is 0 Å². The first-order chi connectivity index (χ1) is 27.7. The van der Waals surface area contributed by atoms with Crippen LogP contribution in [-0.4, -0.2) is 5.91 Å². The van der Waals surface area contributed by atoms with Gasteiger partial charge < -0.3 is 0 Å². The molecule has 58 heavy (non-hydrogen) atoms. The third-order valence-electron chi connectivity index (χ3n) is 11.7. The van der Waals surface area contributed by atoms with Gasteiger partial charge in [-0.05, 0) is 0 Å². The zero-order valence-corrected chi connectivity index (χ0v) is 36.7. The minimum absolute atomic E-state index is 0.0544. The van der Waals surface area contributed by atoms with Gasteiger partial charge in [-0.2, -0.15) is 0 Å². The number of rotatable bonds is 8. The number of hydrogen-bond acceptors (Lipinski definition) is 1. The van der Waals surface area contributed by atoms with Crippen molar-refractivity contribution in [1.82, 2.24) is 0 Å². The molecule has 0 fully saturated rings. The van der Waals surface area contributed by atoms with Gasteiger partial charge in [0, 0.05) is 0 Å². The molecule has 2 nitrogen and oxygen atoms in total. The maximum absolute atomic E-state index is 14.1. The summed E-state index contributed by atoms with van der Waals surface area (Å²) in [6.45, 7) is 13.9. The Kier molecular flexibility index (Phi) is 10.3. The van der Waals surface area contributed by atoms with E-state index in [2.05, 4.69) is 199 Å². The molecule has 0 radical (unpaired) electrons. The van der Waals surface area contributed by atoms with E-state index in [-0.39, 0.29) is 16.7 Å². The van der Waals surface area contributed by atoms with E-state index in [1.807, 2.05) is 30.3 Å². The van der Waals surface area contributed by atoms with Crippen molar-refractivity contribution >= 4 is 69.8 Å². The molecule has 290 valence electrons. The Morgan fingerprint density at radius 2 is 0.966 bits per heavy atom. The third kappa shape index (κ3) is 7.10. The van der Waals surface area contributed by atoms with Crippen molar-refractivity contribution in [3.8, 4) is 11.1 Å². The maximum atomic E-state index is 14.1. The van der Waals surface area contributed by atoms with Crippen molar-refractivity contribution in [2.24, 2.45) is 0 Å². The minimum atomic E-state index is -3.74. The van der Waals surface area contributed by atoms with Gasteiger partial charge in [0.1, 0.15) is 0 Å². The molecule has 8 aromatic carbocycles. The van der Waals surface area contributed by atoms with Crippen molar-refractivity contribution < 1.29 is 4.79 Å². The van der Waals surface area contributed by atoms with Crippen LogP contribution in [0.1, 0.15) is 68.6 Å². The van der Waals surface area contributed by atoms with Crippen molar-refractivity contribution in [2.45, 2.75) is 58.5 Å². The van der Waals surface area contributed by atoms with Crippen molar-refractivity contribution in [1.29, 1.82) is 0 Å². The molecule has 8 rings (SSSR count). The quantitative estimate of drug-likeness (QED) is 0.152. The van der Waals surface area contributed by atoms with Gasteiger partial charge in [-0.15, -0.1) is 0 Å². The van der Waals surface area contributed by atoms with E-state index in [1.54, 1.807) is 0 Å². The van der Waals surface area contributed by atoms with Gasteiger partial charge in [0.25, 0.3) is 0 Å². The molecular formula is C54H51BrNOP. The van der Waals surface area contributed by atoms with Crippen LogP contribution in [0.15, 0.2) is 182 Å². The predicted molar refractivity (Wildman–Crippen MR) is 256 cm³/mol. The SMILES string of the molecule is CC(C)(C)c1cc(CP(Br)(c2ccccc2)(c2ccccc2)c2ccc3ccccc3c2-c2c(NC(=O)c3ccccc3)ccc3ccccc23)cc(C(C)(C)C)c1. The standard InChI is InChI=1S/C54H51BrNOP/c1-53(2,3)42-34-38(35-43(36-42)54(4,5)6)37-58(55,44-24-12-8-13-25-44,45-26-14-9-15-27-45)49-33-31-40-21-17-19-29-47(40)51(49)50-46-28-18-16-20-39(46)30-32-48(50)56-52(57)41-22-10-7-11-23-41/h7-36H,37H2,1-6H3,(H,56,57). The van der Waals surface area contributed by atoms with E-state index < -0.39 is 5.31 Å². The van der Waals surface area contributed by atoms with Crippen LogP contribution in [-0.2, 0) is 17.0 Å². The summed E-state index contributed by atoms with van der Waals surface area (Å²) in [6.07, 6.45) is 0.731. The van der Waals surface area contributed by atoms with E-state index in [1.165, 1.54) is 32.6 Å². The summed E-state index contributed by atoms with van der Waals surface area (Å²) in [6, 6.07) is 65.2. The molecule has 1 amide bonds. The molecule has 0 bridgehead atoms. The molecule has 0 aromatic heterocycles. The normalized spacial score (nSPS) is 12.9. The van der Waals surface area contributed by atoms with Crippen molar-refractivity contribution in [3.05, 3.63) is 204 Å². The summed E-state index contributed by atoms with van der Waals surface area (Å²) in [7, 11) is 0. The van der Waals surface area contributed by atoms with Gasteiger partial charge in [0.2, 0.25) is 0 Å². The molecule has 0 saturated carbocycles. The predicted octanol–water partition coefficient (Wildman–Crippen LogP) is 13.8. The number of halogens is 1. The average molecular weight is 841 g/mol. The Morgan fingerprint density at radius 3 is 1.48 bits per heavy atom. The van der Waals surface area contributed by atoms with E-state index >= 15 is 0 Å². The van der Waals surface area contributed by atoms with Crippen LogP contribution < -0.4 is 21.2 Å². The molecule has 8 aromatic rings. The van der Waals surface area contributed by atoms with Gasteiger partial charge in [0.15, 0.2) is 0 Å². The molecule has 4 heteroatoms. The summed E-state index contributed by atoms with van der Waals surface area (Å²) in [4.78, 5) is 14.1. The number of carbonyl (C=O) groups excluding carboxylic acids is 1. The molecule has 0 atom stereocenters. The Bertz CT molecular complexity index is 2710. The zero-order valence-electron chi connectivity index (χ0n) is 34.3. The van der Waals surface area contributed by atoms with Gasteiger partial charge in [-0.1, -0.05) is 0 Å². The van der Waals surface area contributed by atoms with Gasteiger partial charge >= 0.3 is 354 Å². The summed E-state index contributed by atoms with van der Waals surface area (Å²) < 4.78 is 0. The summed E-state index contributed by atoms with van der Waals surface area (Å²) in [5.74, 6) is -0.143. The summed E-state index contributed by atoms with van der Waals surface area (Å²) in [5.41, 5.74) is 7.34. The monoisotopic (exact) mass is 839 g/mol. The van der Waals surface area contributed by atoms with Crippen LogP contribution in [0.4, 0.5) is 5.69 Å². The zero-order chi connectivity index (χ0) is 40.7. The van der Waals surface area contributed by atoms with Crippen LogP contribution >= 0.6 is 20.8 Å². The molecule has 0 spiro atoms. The molecular weight excluding hydrogens is 789 g/mol. The number of benzene rings is 8. The van der Waals surface area contributed by atoms with Crippen LogP contribution in [0.2, 0.25) is 0 Å². The fraction of sp³-hybridized carbons (Fsp3) is 0.167. The second kappa shape index (κ2) is 15.1. The van der Waals surface area contributed by atoms with Crippen LogP contribution in [0.25, 0.3) is 32.7 Å². The van der Waals surface area contributed by atoms with Gasteiger partial charge in [-0.3, -0.25) is 0 Å². The third-order valence-corrected chi connectivity index (χ3v) is 21.1. The van der Waals surface area contributed by atoms with E-state index in [0.29, 0.717) is 5.56 Å². The molecule has 0 aliphatic carbocycles. The first kappa shape index (κ1) is 39.5. The fourth-order valence-corrected chi connectivity index (χ4v) is 16.6. The summed E-state index contributed by atoms with van der Waals surface area (Å²) in [5, 5.41) is 7.82. The first-order valence-corrected chi connectivity index (χ1v) is 24.6. The second-order valence-corrected chi connectivity index (χ2v) is 26.5. The number of carbonyl (C=O) groups is 1. The second-order valence-electron chi connectivity index (χ2n) is 17.6. The molecule has 0 aliphatic rings. The van der Waals surface area contributed by atoms with Crippen LogP contribution in [0.5, 0.6) is 0 Å². The summed E-state index contributed by atoms with van der Waals surface area (Å²) >= 11 is 4.96. The van der Waals surface area contributed by atoms with Crippen LogP contribution in [0.3, 0.4) is 0 Å². The van der Waals surface area contributed by atoms with E-state index in [0.717, 1.165) is 44.5 Å². The Balaban J connectivity index is 1.55. The van der Waals surface area contributed by atoms with Gasteiger partial charge in [0.05, 0.1) is 0 Å². The van der Waals surface area contributed by atoms with Crippen LogP contribution in [0, 0.1) is 0 Å². The Hall–Kier alpha value is -5.34. The fourth-order valence-electron chi connectivity index (χ4n) is 8.51. The van der Waals surface area contributed by atoms with Crippen molar-refractivity contribution in [3.63, 3.8) is 0 Å². The number of amides is 1. The molecule has 0 saturated heterocycles. The number of fused-ring (bicyclic) bond motifs is 2. The molecule has 1 N–H and O–H groups in total. The Labute approximate surface area is 352 Å². The topological polar surface area (TPSA) is 29.1 Å². The molecule has 0 unspecified atom stereocenters. The Morgan fingerprint density at radius 1 is 0.517 bits per heavy atom. The van der Waals surface area contributed by atoms with Crippen molar-refractivity contribution in [2.75, 3.05) is 5.32 Å². The number of nitrogens with one attached hydrogen (secondary N) is 1.